The van der Waals surface area contributed by atoms with Crippen LogP contribution in [0.5, 0.6) is 11.5 Å². The van der Waals surface area contributed by atoms with Crippen molar-refractivity contribution in [3.8, 4) is 11.5 Å². The van der Waals surface area contributed by atoms with Gasteiger partial charge in [-0.05, 0) is 30.7 Å². The molecule has 26 heavy (non-hydrogen) atoms. The average molecular weight is 356 g/mol. The van der Waals surface area contributed by atoms with Crippen LogP contribution in [-0.4, -0.2) is 30.4 Å². The van der Waals surface area contributed by atoms with Crippen molar-refractivity contribution in [2.75, 3.05) is 18.7 Å². The van der Waals surface area contributed by atoms with E-state index in [1.54, 1.807) is 0 Å². The lowest BCUT2D eigenvalue weighted by atomic mass is 10.1. The maximum Gasteiger partial charge on any atom is 0.282 e. The van der Waals surface area contributed by atoms with Crippen LogP contribution in [0.4, 0.5) is 11.4 Å². The molecule has 0 bridgehead atoms. The van der Waals surface area contributed by atoms with E-state index < -0.39 is 4.92 Å². The summed E-state index contributed by atoms with van der Waals surface area (Å²) in [6.07, 6.45) is 1.20. The predicted molar refractivity (Wildman–Crippen MR) is 94.6 cm³/mol. The second kappa shape index (κ2) is 7.51. The van der Waals surface area contributed by atoms with Crippen molar-refractivity contribution in [1.29, 1.82) is 0 Å². The summed E-state index contributed by atoms with van der Waals surface area (Å²) in [5, 5.41) is 17.9. The van der Waals surface area contributed by atoms with Crippen LogP contribution in [-0.2, 0) is 4.79 Å². The van der Waals surface area contributed by atoms with Crippen LogP contribution in [0.25, 0.3) is 0 Å². The summed E-state index contributed by atoms with van der Waals surface area (Å²) in [5.41, 5.74) is 4.22. The Morgan fingerprint density at radius 1 is 1.31 bits per heavy atom. The van der Waals surface area contributed by atoms with Crippen molar-refractivity contribution in [3.05, 3.63) is 57.6 Å². The molecule has 0 fully saturated rings. The zero-order valence-electron chi connectivity index (χ0n) is 13.9. The normalized spacial score (nSPS) is 12.2. The molecular weight excluding hydrogens is 340 g/mol. The van der Waals surface area contributed by atoms with Gasteiger partial charge in [-0.25, -0.2) is 5.43 Å². The van der Waals surface area contributed by atoms with E-state index in [1.807, 2.05) is 31.2 Å². The molecule has 1 aliphatic rings. The molecule has 2 aromatic carbocycles. The third-order valence-corrected chi connectivity index (χ3v) is 3.58. The molecule has 3 rings (SSSR count). The van der Waals surface area contributed by atoms with Gasteiger partial charge in [-0.1, -0.05) is 12.1 Å². The van der Waals surface area contributed by atoms with Gasteiger partial charge < -0.3 is 14.8 Å². The standard InChI is InChI=1S/C17H16N4O5/c1-11-3-2-4-13(5-11)18-9-17(22)20-19-8-12-6-15-16(26-10-25-15)7-14(12)21(23)24/h2-8,18H,9-10H2,1H3,(H,20,22). The Morgan fingerprint density at radius 3 is 2.81 bits per heavy atom. The van der Waals surface area contributed by atoms with Crippen molar-refractivity contribution < 1.29 is 19.2 Å². The van der Waals surface area contributed by atoms with Gasteiger partial charge in [-0.3, -0.25) is 14.9 Å². The number of aryl methyl sites for hydroxylation is 1. The number of benzene rings is 2. The molecule has 0 unspecified atom stereocenters. The number of nitrogens with zero attached hydrogens (tertiary/aromatic N) is 2. The van der Waals surface area contributed by atoms with Crippen LogP contribution in [0.2, 0.25) is 0 Å². The number of nitro benzene ring substituents is 1. The van der Waals surface area contributed by atoms with E-state index in [0.29, 0.717) is 11.5 Å². The molecule has 0 aromatic heterocycles. The first-order valence-electron chi connectivity index (χ1n) is 7.73. The number of hydrazone groups is 1. The molecule has 1 amide bonds. The molecule has 1 heterocycles. The molecular formula is C17H16N4O5. The molecule has 2 aromatic rings. The number of carbonyl (C=O) groups is 1. The Balaban J connectivity index is 1.61. The van der Waals surface area contributed by atoms with Gasteiger partial charge in [0.25, 0.3) is 11.6 Å². The number of anilines is 1. The highest BCUT2D eigenvalue weighted by Gasteiger charge is 2.22. The van der Waals surface area contributed by atoms with Gasteiger partial charge >= 0.3 is 0 Å². The summed E-state index contributed by atoms with van der Waals surface area (Å²) in [4.78, 5) is 22.4. The second-order valence-electron chi connectivity index (χ2n) is 5.54. The minimum atomic E-state index is -0.551. The van der Waals surface area contributed by atoms with Gasteiger partial charge in [0.2, 0.25) is 6.79 Å². The molecule has 0 aliphatic carbocycles. The maximum atomic E-state index is 11.8. The van der Waals surface area contributed by atoms with Crippen LogP contribution < -0.4 is 20.2 Å². The van der Waals surface area contributed by atoms with Crippen LogP contribution in [0.15, 0.2) is 41.5 Å². The predicted octanol–water partition coefficient (Wildman–Crippen LogP) is 2.19. The minimum Gasteiger partial charge on any atom is -0.454 e. The Bertz CT molecular complexity index is 881. The van der Waals surface area contributed by atoms with E-state index in [-0.39, 0.29) is 30.5 Å². The van der Waals surface area contributed by atoms with E-state index in [1.165, 1.54) is 18.3 Å². The third kappa shape index (κ3) is 4.07. The highest BCUT2D eigenvalue weighted by Crippen LogP contribution is 2.37. The van der Waals surface area contributed by atoms with Crippen LogP contribution in [0, 0.1) is 17.0 Å². The fourth-order valence-corrected chi connectivity index (χ4v) is 2.36. The monoisotopic (exact) mass is 356 g/mol. The van der Waals surface area contributed by atoms with Gasteiger partial charge in [0.15, 0.2) is 11.5 Å². The third-order valence-electron chi connectivity index (χ3n) is 3.58. The van der Waals surface area contributed by atoms with Crippen molar-refractivity contribution in [2.24, 2.45) is 5.10 Å². The minimum absolute atomic E-state index is 0.00838. The lowest BCUT2D eigenvalue weighted by molar-refractivity contribution is -0.385. The second-order valence-corrected chi connectivity index (χ2v) is 5.54. The zero-order chi connectivity index (χ0) is 18.5. The number of hydrogen-bond acceptors (Lipinski definition) is 7. The number of rotatable bonds is 6. The molecule has 0 atom stereocenters. The fraction of sp³-hybridized carbons (Fsp3) is 0.176. The molecule has 134 valence electrons. The molecule has 2 N–H and O–H groups in total. The van der Waals surface area contributed by atoms with E-state index in [2.05, 4.69) is 15.8 Å². The smallest absolute Gasteiger partial charge is 0.282 e. The van der Waals surface area contributed by atoms with Crippen molar-refractivity contribution in [1.82, 2.24) is 5.43 Å². The summed E-state index contributed by atoms with van der Waals surface area (Å²) in [6, 6.07) is 10.3. The van der Waals surface area contributed by atoms with Crippen LogP contribution >= 0.6 is 0 Å². The summed E-state index contributed by atoms with van der Waals surface area (Å²) < 4.78 is 10.3. The number of fused-ring (bicyclic) bond motifs is 1. The maximum absolute atomic E-state index is 11.8. The zero-order valence-corrected chi connectivity index (χ0v) is 13.9. The van der Waals surface area contributed by atoms with Gasteiger partial charge in [-0.2, -0.15) is 5.10 Å². The van der Waals surface area contributed by atoms with Gasteiger partial charge in [0, 0.05) is 5.69 Å². The van der Waals surface area contributed by atoms with Crippen LogP contribution in [0.3, 0.4) is 0 Å². The molecule has 9 nitrogen and oxygen atoms in total. The molecule has 0 spiro atoms. The number of nitro groups is 1. The van der Waals surface area contributed by atoms with Crippen LogP contribution in [0.1, 0.15) is 11.1 Å². The van der Waals surface area contributed by atoms with E-state index in [4.69, 9.17) is 9.47 Å². The van der Waals surface area contributed by atoms with Crippen molar-refractivity contribution in [3.63, 3.8) is 0 Å². The molecule has 9 heteroatoms. The van der Waals surface area contributed by atoms with Crippen molar-refractivity contribution >= 4 is 23.5 Å². The topological polar surface area (TPSA) is 115 Å². The number of hydrogen-bond donors (Lipinski definition) is 2. The number of amides is 1. The molecule has 0 radical (unpaired) electrons. The first-order valence-corrected chi connectivity index (χ1v) is 7.73. The van der Waals surface area contributed by atoms with E-state index in [0.717, 1.165) is 11.3 Å². The molecule has 0 saturated heterocycles. The summed E-state index contributed by atoms with van der Waals surface area (Å²) in [7, 11) is 0. The quantitative estimate of drug-likeness (QED) is 0.466. The number of carbonyl (C=O) groups excluding carboxylic acids is 1. The van der Waals surface area contributed by atoms with Gasteiger partial charge in [-0.15, -0.1) is 0 Å². The largest absolute Gasteiger partial charge is 0.454 e. The number of ether oxygens (including phenoxy) is 2. The Morgan fingerprint density at radius 2 is 2.08 bits per heavy atom. The molecule has 0 saturated carbocycles. The SMILES string of the molecule is Cc1cccc(NCC(=O)NN=Cc2cc3c(cc2[N+](=O)[O-])OCO3)c1. The summed E-state index contributed by atoms with van der Waals surface area (Å²) >= 11 is 0. The van der Waals surface area contributed by atoms with Gasteiger partial charge in [0.1, 0.15) is 0 Å². The lowest BCUT2D eigenvalue weighted by Gasteiger charge is -2.06. The Hall–Kier alpha value is -3.62. The molecule has 1 aliphatic heterocycles. The van der Waals surface area contributed by atoms with Gasteiger partial charge in [0.05, 0.1) is 29.3 Å². The first kappa shape index (κ1) is 17.2. The fourth-order valence-electron chi connectivity index (χ4n) is 2.36. The number of nitrogens with one attached hydrogen (secondary N) is 2. The van der Waals surface area contributed by atoms with E-state index in [9.17, 15) is 14.9 Å². The van der Waals surface area contributed by atoms with Crippen molar-refractivity contribution in [2.45, 2.75) is 6.92 Å². The summed E-state index contributed by atoms with van der Waals surface area (Å²) in [6.45, 7) is 1.98. The highest BCUT2D eigenvalue weighted by atomic mass is 16.7. The Labute approximate surface area is 148 Å². The lowest BCUT2D eigenvalue weighted by Crippen LogP contribution is -2.25. The average Bonchev–Trinajstić information content (AvgIpc) is 3.06. The van der Waals surface area contributed by atoms with E-state index >= 15 is 0 Å². The summed E-state index contributed by atoms with van der Waals surface area (Å²) in [5.74, 6) is 0.316. The first-order chi connectivity index (χ1) is 12.5. The highest BCUT2D eigenvalue weighted by molar-refractivity contribution is 5.88. The Kier molecular flexibility index (Phi) is 4.97.